The van der Waals surface area contributed by atoms with Gasteiger partial charge in [0.25, 0.3) is 0 Å². The highest BCUT2D eigenvalue weighted by molar-refractivity contribution is 7.15. The quantitative estimate of drug-likeness (QED) is 0.333. The van der Waals surface area contributed by atoms with Gasteiger partial charge >= 0.3 is 6.18 Å². The van der Waals surface area contributed by atoms with E-state index in [9.17, 15) is 27.9 Å². The molecule has 2 amide bonds. The van der Waals surface area contributed by atoms with Crippen molar-refractivity contribution in [1.82, 2.24) is 20.3 Å². The molecule has 1 aliphatic rings. The molecular formula is C25H27F3N6O3S. The van der Waals surface area contributed by atoms with Crippen molar-refractivity contribution < 1.29 is 27.9 Å². The minimum absolute atomic E-state index is 0.0768. The Kier molecular flexibility index (Phi) is 7.97. The Morgan fingerprint density at radius 1 is 1.21 bits per heavy atom. The molecule has 1 saturated carbocycles. The molecular weight excluding hydrogens is 521 g/mol. The Balaban J connectivity index is 1.45. The van der Waals surface area contributed by atoms with Crippen LogP contribution in [0.5, 0.6) is 0 Å². The highest BCUT2D eigenvalue weighted by Gasteiger charge is 2.39. The Bertz CT molecular complexity index is 1320. The minimum atomic E-state index is -4.58. The molecule has 202 valence electrons. The molecule has 1 fully saturated rings. The van der Waals surface area contributed by atoms with Gasteiger partial charge in [-0.25, -0.2) is 15.0 Å². The van der Waals surface area contributed by atoms with Crippen LogP contribution in [0.4, 0.5) is 24.8 Å². The van der Waals surface area contributed by atoms with Crippen molar-refractivity contribution in [2.75, 3.05) is 11.9 Å². The number of nitrogens with two attached hydrogens (primary N) is 1. The van der Waals surface area contributed by atoms with E-state index >= 15 is 0 Å². The normalized spacial score (nSPS) is 19.7. The van der Waals surface area contributed by atoms with Crippen molar-refractivity contribution in [3.8, 4) is 10.4 Å². The maximum Gasteiger partial charge on any atom is 0.433 e. The SMILES string of the molecule is Cc1cc(Nc2nccc(C(F)(F)F)n2)cc(-c2cnc([C@]3(O)CC[C@@H](C(=O)NCCC(N)=O)CC3)s2)c1. The number of halogens is 3. The van der Waals surface area contributed by atoms with Crippen LogP contribution >= 0.6 is 11.3 Å². The zero-order chi connectivity index (χ0) is 27.5. The smallest absolute Gasteiger partial charge is 0.383 e. The number of benzene rings is 1. The lowest BCUT2D eigenvalue weighted by molar-refractivity contribution is -0.141. The number of nitrogens with zero attached hydrogens (tertiary/aromatic N) is 3. The molecule has 0 unspecified atom stereocenters. The van der Waals surface area contributed by atoms with E-state index in [0.717, 1.165) is 28.3 Å². The van der Waals surface area contributed by atoms with Crippen LogP contribution in [0.2, 0.25) is 0 Å². The van der Waals surface area contributed by atoms with Crippen molar-refractivity contribution in [2.45, 2.75) is 50.8 Å². The average molecular weight is 549 g/mol. The number of aryl methyl sites for hydroxylation is 1. The number of carbonyl (C=O) groups excluding carboxylic acids is 2. The first kappa shape index (κ1) is 27.5. The second kappa shape index (κ2) is 11.0. The van der Waals surface area contributed by atoms with Crippen LogP contribution in [0.3, 0.4) is 0 Å². The molecule has 0 aliphatic heterocycles. The van der Waals surface area contributed by atoms with Gasteiger partial charge in [-0.05, 0) is 61.9 Å². The fourth-order valence-electron chi connectivity index (χ4n) is 4.35. The van der Waals surface area contributed by atoms with Gasteiger partial charge in [-0.2, -0.15) is 13.2 Å². The molecule has 5 N–H and O–H groups in total. The number of aromatic nitrogens is 3. The number of rotatable bonds is 8. The van der Waals surface area contributed by atoms with Crippen LogP contribution in [0.25, 0.3) is 10.4 Å². The summed E-state index contributed by atoms with van der Waals surface area (Å²) in [6.07, 6.45) is -0.127. The Labute approximate surface area is 220 Å². The molecule has 38 heavy (non-hydrogen) atoms. The number of anilines is 2. The number of nitrogens with one attached hydrogen (secondary N) is 2. The number of alkyl halides is 3. The molecule has 2 heterocycles. The van der Waals surface area contributed by atoms with Gasteiger partial charge in [0.1, 0.15) is 16.3 Å². The Hall–Kier alpha value is -3.58. The van der Waals surface area contributed by atoms with Gasteiger partial charge in [0.05, 0.1) is 4.88 Å². The summed E-state index contributed by atoms with van der Waals surface area (Å²) in [4.78, 5) is 35.9. The van der Waals surface area contributed by atoms with Gasteiger partial charge in [0.15, 0.2) is 0 Å². The van der Waals surface area contributed by atoms with Gasteiger partial charge in [-0.1, -0.05) is 6.07 Å². The summed E-state index contributed by atoms with van der Waals surface area (Å²) < 4.78 is 39.0. The van der Waals surface area contributed by atoms with E-state index in [1.54, 1.807) is 18.3 Å². The maximum atomic E-state index is 13.0. The van der Waals surface area contributed by atoms with Gasteiger partial charge in [0.2, 0.25) is 17.8 Å². The predicted molar refractivity (Wildman–Crippen MR) is 135 cm³/mol. The first-order chi connectivity index (χ1) is 17.9. The van der Waals surface area contributed by atoms with E-state index in [1.807, 2.05) is 13.0 Å². The van der Waals surface area contributed by atoms with Crippen molar-refractivity contribution in [3.63, 3.8) is 0 Å². The van der Waals surface area contributed by atoms with Crippen molar-refractivity contribution >= 4 is 34.8 Å². The average Bonchev–Trinajstić information content (AvgIpc) is 3.35. The van der Waals surface area contributed by atoms with Crippen LogP contribution in [-0.2, 0) is 21.4 Å². The van der Waals surface area contributed by atoms with Crippen molar-refractivity contribution in [1.29, 1.82) is 0 Å². The zero-order valence-electron chi connectivity index (χ0n) is 20.5. The van der Waals surface area contributed by atoms with E-state index in [-0.39, 0.29) is 30.7 Å². The molecule has 0 bridgehead atoms. The molecule has 0 radical (unpaired) electrons. The van der Waals surface area contributed by atoms with E-state index in [4.69, 9.17) is 5.73 Å². The highest BCUT2D eigenvalue weighted by Crippen LogP contribution is 2.43. The first-order valence-electron chi connectivity index (χ1n) is 12.0. The van der Waals surface area contributed by atoms with Gasteiger partial charge in [0, 0.05) is 37.0 Å². The number of primary amides is 1. The Morgan fingerprint density at radius 2 is 1.95 bits per heavy atom. The number of hydrogen-bond acceptors (Lipinski definition) is 8. The summed E-state index contributed by atoms with van der Waals surface area (Å²) in [5, 5.41) is 17.4. The Morgan fingerprint density at radius 3 is 2.63 bits per heavy atom. The third-order valence-electron chi connectivity index (χ3n) is 6.32. The lowest BCUT2D eigenvalue weighted by atomic mass is 9.78. The molecule has 13 heteroatoms. The van der Waals surface area contributed by atoms with Crippen LogP contribution in [-0.4, -0.2) is 38.4 Å². The van der Waals surface area contributed by atoms with Crippen molar-refractivity contribution in [2.24, 2.45) is 11.7 Å². The fraction of sp³-hybridized carbons (Fsp3) is 0.400. The minimum Gasteiger partial charge on any atom is -0.383 e. The van der Waals surface area contributed by atoms with Crippen LogP contribution in [0.1, 0.15) is 48.4 Å². The van der Waals surface area contributed by atoms with E-state index < -0.39 is 23.4 Å². The predicted octanol–water partition coefficient (Wildman–Crippen LogP) is 4.04. The summed E-state index contributed by atoms with van der Waals surface area (Å²) in [6.45, 7) is 2.05. The lowest BCUT2D eigenvalue weighted by Gasteiger charge is -2.33. The number of carbonyl (C=O) groups is 2. The number of aliphatic hydroxyl groups is 1. The molecule has 9 nitrogen and oxygen atoms in total. The second-order valence-corrected chi connectivity index (χ2v) is 10.3. The summed E-state index contributed by atoms with van der Waals surface area (Å²) in [5.41, 5.74) is 5.03. The van der Waals surface area contributed by atoms with Crippen LogP contribution in [0.15, 0.2) is 36.7 Å². The molecule has 0 atom stereocenters. The lowest BCUT2D eigenvalue weighted by Crippen LogP contribution is -2.39. The zero-order valence-corrected chi connectivity index (χ0v) is 21.3. The maximum absolute atomic E-state index is 13.0. The number of amides is 2. The van der Waals surface area contributed by atoms with E-state index in [0.29, 0.717) is 36.4 Å². The highest BCUT2D eigenvalue weighted by atomic mass is 32.1. The van der Waals surface area contributed by atoms with Gasteiger partial charge in [-0.15, -0.1) is 11.3 Å². The fourth-order valence-corrected chi connectivity index (χ4v) is 5.40. The van der Waals surface area contributed by atoms with Gasteiger partial charge in [-0.3, -0.25) is 9.59 Å². The van der Waals surface area contributed by atoms with Gasteiger partial charge < -0.3 is 21.5 Å². The molecule has 2 aromatic heterocycles. The molecule has 1 aliphatic carbocycles. The van der Waals surface area contributed by atoms with E-state index in [2.05, 4.69) is 25.6 Å². The third kappa shape index (κ3) is 6.64. The summed E-state index contributed by atoms with van der Waals surface area (Å²) in [6, 6.07) is 6.23. The second-order valence-electron chi connectivity index (χ2n) is 9.32. The third-order valence-corrected chi connectivity index (χ3v) is 7.56. The molecule has 0 spiro atoms. The molecule has 0 saturated heterocycles. The summed E-state index contributed by atoms with van der Waals surface area (Å²) in [7, 11) is 0. The topological polar surface area (TPSA) is 143 Å². The monoisotopic (exact) mass is 548 g/mol. The number of hydrogen-bond donors (Lipinski definition) is 4. The van der Waals surface area contributed by atoms with Crippen molar-refractivity contribution in [3.05, 3.63) is 52.9 Å². The first-order valence-corrected chi connectivity index (χ1v) is 12.8. The summed E-state index contributed by atoms with van der Waals surface area (Å²) in [5.74, 6) is -1.07. The summed E-state index contributed by atoms with van der Waals surface area (Å²) >= 11 is 1.33. The van der Waals surface area contributed by atoms with E-state index in [1.165, 1.54) is 11.3 Å². The molecule has 1 aromatic carbocycles. The van der Waals surface area contributed by atoms with Crippen LogP contribution < -0.4 is 16.4 Å². The number of thiazole rings is 1. The standard InChI is InChI=1S/C25H27F3N6O3S/c1-14-10-16(12-17(11-14)33-23-31-8-4-19(34-23)25(26,27)28)18-13-32-22(38-18)24(37)6-2-15(3-7-24)21(36)30-9-5-20(29)35/h4,8,10-13,15,37H,2-3,5-7,9H2,1H3,(H2,29,35)(H,30,36)(H,31,33,34)/t15-,24+. The largest absolute Gasteiger partial charge is 0.433 e. The van der Waals surface area contributed by atoms with Crippen LogP contribution in [0, 0.1) is 12.8 Å². The molecule has 4 rings (SSSR count). The molecule has 3 aromatic rings.